The second-order valence-electron chi connectivity index (χ2n) is 6.30. The normalized spacial score (nSPS) is 17.6. The van der Waals surface area contributed by atoms with Crippen LogP contribution in [0.3, 0.4) is 0 Å². The number of carbonyl (C=O) groups is 1. The molecule has 0 bridgehead atoms. The van der Waals surface area contributed by atoms with Gasteiger partial charge in [0.2, 0.25) is 0 Å². The zero-order chi connectivity index (χ0) is 14.0. The number of carbonyl (C=O) groups excluding carboxylic acids is 1. The van der Waals surface area contributed by atoms with Gasteiger partial charge in [-0.15, -0.1) is 0 Å². The van der Waals surface area contributed by atoms with E-state index in [1.165, 1.54) is 0 Å². The lowest BCUT2D eigenvalue weighted by Crippen LogP contribution is -2.41. The molecule has 1 amide bonds. The smallest absolute Gasteiger partial charge is 0.254 e. The van der Waals surface area contributed by atoms with Crippen molar-refractivity contribution in [2.24, 2.45) is 11.3 Å². The van der Waals surface area contributed by atoms with E-state index in [2.05, 4.69) is 25.8 Å². The highest BCUT2D eigenvalue weighted by molar-refractivity contribution is 6.29. The summed E-state index contributed by atoms with van der Waals surface area (Å²) in [7, 11) is 0. The van der Waals surface area contributed by atoms with Crippen molar-refractivity contribution in [2.75, 3.05) is 13.1 Å². The third-order valence-corrected chi connectivity index (χ3v) is 4.19. The van der Waals surface area contributed by atoms with Gasteiger partial charge in [-0.2, -0.15) is 0 Å². The Morgan fingerprint density at radius 2 is 2.00 bits per heavy atom. The molecule has 2 heterocycles. The molecule has 1 aromatic rings. The summed E-state index contributed by atoms with van der Waals surface area (Å²) < 4.78 is 0. The summed E-state index contributed by atoms with van der Waals surface area (Å²) in [6.07, 6.45) is 3.74. The van der Waals surface area contributed by atoms with Crippen molar-refractivity contribution >= 4 is 17.5 Å². The van der Waals surface area contributed by atoms with Crippen LogP contribution in [-0.2, 0) is 0 Å². The topological polar surface area (TPSA) is 33.2 Å². The SMILES string of the molecule is CC(C)(C)C1CCN(C(=O)c2ccnc(Cl)c2)CC1. The molecule has 0 N–H and O–H groups in total. The van der Waals surface area contributed by atoms with Crippen LogP contribution in [0, 0.1) is 11.3 Å². The fraction of sp³-hybridized carbons (Fsp3) is 0.600. The molecule has 0 aliphatic carbocycles. The van der Waals surface area contributed by atoms with Crippen molar-refractivity contribution in [1.29, 1.82) is 0 Å². The second kappa shape index (κ2) is 5.49. The molecule has 1 fully saturated rings. The summed E-state index contributed by atoms with van der Waals surface area (Å²) in [5.41, 5.74) is 0.962. The summed E-state index contributed by atoms with van der Waals surface area (Å²) in [6.45, 7) is 8.49. The minimum absolute atomic E-state index is 0.0664. The monoisotopic (exact) mass is 280 g/mol. The van der Waals surface area contributed by atoms with Gasteiger partial charge in [-0.25, -0.2) is 4.98 Å². The number of hydrogen-bond donors (Lipinski definition) is 0. The minimum atomic E-state index is 0.0664. The van der Waals surface area contributed by atoms with Gasteiger partial charge in [0.25, 0.3) is 5.91 Å². The van der Waals surface area contributed by atoms with E-state index in [9.17, 15) is 4.79 Å². The van der Waals surface area contributed by atoms with Crippen LogP contribution in [0.1, 0.15) is 44.0 Å². The average Bonchev–Trinajstić information content (AvgIpc) is 2.37. The van der Waals surface area contributed by atoms with Gasteiger partial charge < -0.3 is 4.90 Å². The first-order chi connectivity index (χ1) is 8.88. The Morgan fingerprint density at radius 3 is 2.53 bits per heavy atom. The van der Waals surface area contributed by atoms with Crippen LogP contribution < -0.4 is 0 Å². The fourth-order valence-electron chi connectivity index (χ4n) is 2.67. The molecule has 0 saturated carbocycles. The van der Waals surface area contributed by atoms with Crippen LogP contribution >= 0.6 is 11.6 Å². The molecule has 1 saturated heterocycles. The molecule has 0 radical (unpaired) electrons. The lowest BCUT2D eigenvalue weighted by molar-refractivity contribution is 0.0608. The van der Waals surface area contributed by atoms with Gasteiger partial charge in [0.1, 0.15) is 5.15 Å². The van der Waals surface area contributed by atoms with Crippen LogP contribution in [0.15, 0.2) is 18.3 Å². The zero-order valence-electron chi connectivity index (χ0n) is 11.8. The van der Waals surface area contributed by atoms with Gasteiger partial charge in [-0.1, -0.05) is 32.4 Å². The molecule has 3 nitrogen and oxygen atoms in total. The lowest BCUT2D eigenvalue weighted by Gasteiger charge is -2.38. The first-order valence-corrected chi connectivity index (χ1v) is 7.16. The Morgan fingerprint density at radius 1 is 1.37 bits per heavy atom. The molecule has 0 aromatic carbocycles. The Kier molecular flexibility index (Phi) is 4.14. The molecule has 0 atom stereocenters. The van der Waals surface area contributed by atoms with Gasteiger partial charge >= 0.3 is 0 Å². The molecule has 1 aliphatic heterocycles. The number of nitrogens with zero attached hydrogens (tertiary/aromatic N) is 2. The predicted octanol–water partition coefficient (Wildman–Crippen LogP) is 3.63. The lowest BCUT2D eigenvalue weighted by atomic mass is 9.75. The summed E-state index contributed by atoms with van der Waals surface area (Å²) >= 11 is 5.83. The van der Waals surface area contributed by atoms with Crippen molar-refractivity contribution in [1.82, 2.24) is 9.88 Å². The van der Waals surface area contributed by atoms with Crippen LogP contribution in [0.2, 0.25) is 5.15 Å². The van der Waals surface area contributed by atoms with E-state index in [-0.39, 0.29) is 5.91 Å². The third kappa shape index (κ3) is 3.47. The Labute approximate surface area is 120 Å². The van der Waals surface area contributed by atoms with Gasteiger partial charge in [0, 0.05) is 24.8 Å². The summed E-state index contributed by atoms with van der Waals surface area (Å²) in [4.78, 5) is 18.2. The van der Waals surface area contributed by atoms with Gasteiger partial charge in [0.05, 0.1) is 0 Å². The Balaban J connectivity index is 2.00. The van der Waals surface area contributed by atoms with E-state index in [4.69, 9.17) is 11.6 Å². The average molecular weight is 281 g/mol. The van der Waals surface area contributed by atoms with E-state index in [1.54, 1.807) is 18.3 Å². The zero-order valence-corrected chi connectivity index (χ0v) is 12.6. The van der Waals surface area contributed by atoms with Crippen LogP contribution in [0.25, 0.3) is 0 Å². The van der Waals surface area contributed by atoms with Crippen molar-refractivity contribution in [3.8, 4) is 0 Å². The van der Waals surface area contributed by atoms with E-state index in [0.29, 0.717) is 22.0 Å². The summed E-state index contributed by atoms with van der Waals surface area (Å²) in [6, 6.07) is 3.36. The van der Waals surface area contributed by atoms with E-state index < -0.39 is 0 Å². The van der Waals surface area contributed by atoms with Crippen molar-refractivity contribution in [2.45, 2.75) is 33.6 Å². The van der Waals surface area contributed by atoms with Gasteiger partial charge in [-0.3, -0.25) is 4.79 Å². The highest BCUT2D eigenvalue weighted by atomic mass is 35.5. The number of hydrogen-bond acceptors (Lipinski definition) is 2. The molecule has 1 aromatic heterocycles. The molecular formula is C15H21ClN2O. The first-order valence-electron chi connectivity index (χ1n) is 6.79. The number of amides is 1. The van der Waals surface area contributed by atoms with Crippen molar-refractivity contribution < 1.29 is 4.79 Å². The van der Waals surface area contributed by atoms with E-state index in [1.807, 2.05) is 4.90 Å². The summed E-state index contributed by atoms with van der Waals surface area (Å²) in [5.74, 6) is 0.759. The van der Waals surface area contributed by atoms with Crippen molar-refractivity contribution in [3.63, 3.8) is 0 Å². The predicted molar refractivity (Wildman–Crippen MR) is 77.3 cm³/mol. The molecule has 19 heavy (non-hydrogen) atoms. The Hall–Kier alpha value is -1.09. The molecule has 104 valence electrons. The highest BCUT2D eigenvalue weighted by Gasteiger charge is 2.30. The van der Waals surface area contributed by atoms with E-state index >= 15 is 0 Å². The number of halogens is 1. The number of aromatic nitrogens is 1. The van der Waals surface area contributed by atoms with Crippen LogP contribution in [0.4, 0.5) is 0 Å². The minimum Gasteiger partial charge on any atom is -0.339 e. The van der Waals surface area contributed by atoms with Crippen LogP contribution in [-0.4, -0.2) is 28.9 Å². The second-order valence-corrected chi connectivity index (χ2v) is 6.69. The molecule has 0 spiro atoms. The number of pyridine rings is 1. The highest BCUT2D eigenvalue weighted by Crippen LogP contribution is 2.34. The third-order valence-electron chi connectivity index (χ3n) is 3.98. The van der Waals surface area contributed by atoms with Gasteiger partial charge in [0.15, 0.2) is 0 Å². The quantitative estimate of drug-likeness (QED) is 0.736. The Bertz CT molecular complexity index is 459. The number of piperidine rings is 1. The summed E-state index contributed by atoms with van der Waals surface area (Å²) in [5, 5.41) is 0.371. The number of likely N-dealkylation sites (tertiary alicyclic amines) is 1. The van der Waals surface area contributed by atoms with Crippen molar-refractivity contribution in [3.05, 3.63) is 29.0 Å². The van der Waals surface area contributed by atoms with Gasteiger partial charge in [-0.05, 0) is 36.3 Å². The van der Waals surface area contributed by atoms with E-state index in [0.717, 1.165) is 25.9 Å². The number of rotatable bonds is 1. The standard InChI is InChI=1S/C15H21ClN2O/c1-15(2,3)12-5-8-18(9-6-12)14(19)11-4-7-17-13(16)10-11/h4,7,10,12H,5-6,8-9H2,1-3H3. The molecule has 0 unspecified atom stereocenters. The van der Waals surface area contributed by atoms with Crippen LogP contribution in [0.5, 0.6) is 0 Å². The first kappa shape index (κ1) is 14.3. The maximum absolute atomic E-state index is 12.3. The fourth-order valence-corrected chi connectivity index (χ4v) is 2.84. The maximum Gasteiger partial charge on any atom is 0.254 e. The largest absolute Gasteiger partial charge is 0.339 e. The molecule has 2 rings (SSSR count). The molecule has 1 aliphatic rings. The molecule has 4 heteroatoms. The maximum atomic E-state index is 12.3. The molecular weight excluding hydrogens is 260 g/mol.